The lowest BCUT2D eigenvalue weighted by Gasteiger charge is -2.35. The summed E-state index contributed by atoms with van der Waals surface area (Å²) < 4.78 is 17.0. The highest BCUT2D eigenvalue weighted by Gasteiger charge is 2.28. The average Bonchev–Trinajstić information content (AvgIpc) is 4.13. The summed E-state index contributed by atoms with van der Waals surface area (Å²) in [6.45, 7) is 0. The SMILES string of the molecule is c1ccn(N(c2cc(N(n3cccc3)n3cccc3)c3ccc4c(N(n5cccc5)n5cccc5)cc(N(n5cccc5)n5cccc5)c5ccc2c3c54)n2cccc2)c1. The van der Waals surface area contributed by atoms with E-state index in [0.29, 0.717) is 0 Å². The highest BCUT2D eigenvalue weighted by Crippen LogP contribution is 2.49. The van der Waals surface area contributed by atoms with Crippen LogP contribution >= 0.6 is 0 Å². The lowest BCUT2D eigenvalue weighted by Crippen LogP contribution is -2.36. The third-order valence-corrected chi connectivity index (χ3v) is 11.1. The molecule has 0 saturated heterocycles. The van der Waals surface area contributed by atoms with Crippen LogP contribution in [0.15, 0.2) is 233 Å². The maximum atomic E-state index is 2.31. The van der Waals surface area contributed by atoms with E-state index in [1.54, 1.807) is 0 Å². The van der Waals surface area contributed by atoms with E-state index in [-0.39, 0.29) is 0 Å². The summed E-state index contributed by atoms with van der Waals surface area (Å²) in [5, 5.41) is 15.5. The molecule has 0 N–H and O–H groups in total. The Balaban J connectivity index is 1.27. The fourth-order valence-corrected chi connectivity index (χ4v) is 8.67. The van der Waals surface area contributed by atoms with Crippen molar-refractivity contribution in [3.63, 3.8) is 0 Å². The minimum atomic E-state index is 0.996. The van der Waals surface area contributed by atoms with E-state index >= 15 is 0 Å². The van der Waals surface area contributed by atoms with Gasteiger partial charge in [-0.25, -0.2) is 37.4 Å². The van der Waals surface area contributed by atoms with Gasteiger partial charge in [0, 0.05) is 131 Å². The van der Waals surface area contributed by atoms with Crippen molar-refractivity contribution in [2.75, 3.05) is 20.5 Å². The topological polar surface area (TPSA) is 52.4 Å². The Morgan fingerprint density at radius 2 is 0.367 bits per heavy atom. The van der Waals surface area contributed by atoms with Crippen LogP contribution in [-0.2, 0) is 0 Å². The molecule has 12 nitrogen and oxygen atoms in total. The van der Waals surface area contributed by atoms with Gasteiger partial charge < -0.3 is 0 Å². The molecule has 0 saturated carbocycles. The van der Waals surface area contributed by atoms with Crippen LogP contribution in [0.5, 0.6) is 0 Å². The first-order valence-electron chi connectivity index (χ1n) is 19.9. The molecule has 8 aromatic heterocycles. The Morgan fingerprint density at radius 3 is 0.517 bits per heavy atom. The van der Waals surface area contributed by atoms with Gasteiger partial charge in [-0.1, -0.05) is 24.3 Å². The van der Waals surface area contributed by atoms with Crippen LogP contribution in [0, 0.1) is 0 Å². The van der Waals surface area contributed by atoms with Gasteiger partial charge in [-0.05, 0) is 109 Å². The van der Waals surface area contributed by atoms with Gasteiger partial charge in [0.2, 0.25) is 0 Å². The molecule has 12 aromatic rings. The van der Waals surface area contributed by atoms with Crippen molar-refractivity contribution in [2.24, 2.45) is 0 Å². The molecule has 0 radical (unpaired) electrons. The van der Waals surface area contributed by atoms with Gasteiger partial charge in [0.1, 0.15) is 0 Å². The Morgan fingerprint density at radius 1 is 0.217 bits per heavy atom. The second-order valence-corrected chi connectivity index (χ2v) is 14.6. The first-order chi connectivity index (χ1) is 29.8. The summed E-state index contributed by atoms with van der Waals surface area (Å²) in [7, 11) is 0. The predicted molar refractivity (Wildman–Crippen MR) is 239 cm³/mol. The molecule has 0 unspecified atom stereocenters. The molecular weight excluding hydrogens is 745 g/mol. The van der Waals surface area contributed by atoms with E-state index in [1.165, 1.54) is 0 Å². The van der Waals surface area contributed by atoms with Gasteiger partial charge in [-0.3, -0.25) is 0 Å². The lowest BCUT2D eigenvalue weighted by molar-refractivity contribution is 0.603. The minimum absolute atomic E-state index is 0.996. The molecule has 8 heterocycles. The van der Waals surface area contributed by atoms with E-state index in [1.807, 2.05) is 0 Å². The van der Waals surface area contributed by atoms with Crippen molar-refractivity contribution in [3.05, 3.63) is 233 Å². The first kappa shape index (κ1) is 33.5. The molecule has 0 aliphatic rings. The molecular formula is C48H38N12. The highest BCUT2D eigenvalue weighted by atomic mass is 15.8. The maximum Gasteiger partial charge on any atom is 0.0924 e. The van der Waals surface area contributed by atoms with Crippen LogP contribution in [0.2, 0.25) is 0 Å². The molecule has 60 heavy (non-hydrogen) atoms. The zero-order valence-corrected chi connectivity index (χ0v) is 32.3. The summed E-state index contributed by atoms with van der Waals surface area (Å²) >= 11 is 0. The van der Waals surface area contributed by atoms with E-state index in [0.717, 1.165) is 55.1 Å². The van der Waals surface area contributed by atoms with Gasteiger partial charge >= 0.3 is 0 Å². The average molecular weight is 783 g/mol. The van der Waals surface area contributed by atoms with Gasteiger partial charge in [0.25, 0.3) is 0 Å². The van der Waals surface area contributed by atoms with E-state index < -0.39 is 0 Å². The molecule has 0 aliphatic heterocycles. The summed E-state index contributed by atoms with van der Waals surface area (Å²) in [6, 6.07) is 46.8. The third kappa shape index (κ3) is 5.17. The van der Waals surface area contributed by atoms with Gasteiger partial charge in [0.15, 0.2) is 0 Å². The predicted octanol–water partition coefficient (Wildman–Crippen LogP) is 9.93. The van der Waals surface area contributed by atoms with Gasteiger partial charge in [-0.2, -0.15) is 20.5 Å². The number of aromatic nitrogens is 8. The molecule has 0 spiro atoms. The quantitative estimate of drug-likeness (QED) is 0.116. The number of nitrogens with zero attached hydrogens (tertiary/aromatic N) is 12. The normalized spacial score (nSPS) is 11.7. The second-order valence-electron chi connectivity index (χ2n) is 14.6. The summed E-state index contributed by atoms with van der Waals surface area (Å²) in [5.41, 5.74) is 3.98. The molecule has 0 aliphatic carbocycles. The lowest BCUT2D eigenvalue weighted by atomic mass is 9.90. The Hall–Kier alpha value is -8.64. The third-order valence-electron chi connectivity index (χ3n) is 11.1. The van der Waals surface area contributed by atoms with Crippen molar-refractivity contribution in [1.29, 1.82) is 0 Å². The molecule has 12 rings (SSSR count). The van der Waals surface area contributed by atoms with Crippen LogP contribution in [0.3, 0.4) is 0 Å². The fraction of sp³-hybridized carbons (Fsp3) is 0. The van der Waals surface area contributed by atoms with Gasteiger partial charge in [0.05, 0.1) is 22.7 Å². The number of benzene rings is 4. The number of hydrogen-bond donors (Lipinski definition) is 0. The summed E-state index contributed by atoms with van der Waals surface area (Å²) in [4.78, 5) is 0. The van der Waals surface area contributed by atoms with Crippen molar-refractivity contribution in [2.45, 2.75) is 0 Å². The van der Waals surface area contributed by atoms with Crippen LogP contribution < -0.4 is 20.5 Å². The van der Waals surface area contributed by atoms with Crippen LogP contribution in [0.4, 0.5) is 22.7 Å². The molecule has 12 heteroatoms. The Labute approximate surface area is 344 Å². The Bertz CT molecular complexity index is 2680. The zero-order valence-electron chi connectivity index (χ0n) is 32.3. The highest BCUT2D eigenvalue weighted by molar-refractivity contribution is 6.31. The molecule has 4 aromatic carbocycles. The Kier molecular flexibility index (Phi) is 7.53. The molecule has 0 bridgehead atoms. The largest absolute Gasteiger partial charge is 0.249 e. The van der Waals surface area contributed by atoms with Crippen molar-refractivity contribution < 1.29 is 0 Å². The molecule has 0 amide bonds. The molecule has 290 valence electrons. The van der Waals surface area contributed by atoms with Crippen molar-refractivity contribution in [1.82, 2.24) is 37.4 Å². The van der Waals surface area contributed by atoms with E-state index in [2.05, 4.69) is 290 Å². The number of anilines is 4. The number of hydrogen-bond acceptors (Lipinski definition) is 4. The van der Waals surface area contributed by atoms with Crippen molar-refractivity contribution in [3.8, 4) is 0 Å². The fourth-order valence-electron chi connectivity index (χ4n) is 8.67. The van der Waals surface area contributed by atoms with E-state index in [4.69, 9.17) is 0 Å². The standard InChI is InChI=1S/C48H38N12/c1-2-22-49(21-1)57(50-23-3-4-24-50)43-37-44(58(51-25-5-6-26-51)52-27-7-8-28-52)40-19-20-42-46(60(55-33-13-14-34-55)56-35-15-16-36-56)38-45(41-18-17-39(43)47(40)48(41)42)59(53-29-9-10-30-53)54-31-11-12-32-54/h1-38H. The van der Waals surface area contributed by atoms with E-state index in [9.17, 15) is 0 Å². The molecule has 0 fully saturated rings. The molecule has 0 atom stereocenters. The maximum absolute atomic E-state index is 2.31. The summed E-state index contributed by atoms with van der Waals surface area (Å²) in [5.74, 6) is 0. The monoisotopic (exact) mass is 782 g/mol. The van der Waals surface area contributed by atoms with Crippen LogP contribution in [0.1, 0.15) is 0 Å². The van der Waals surface area contributed by atoms with Crippen molar-refractivity contribution >= 4 is 55.1 Å². The number of rotatable bonds is 12. The summed E-state index contributed by atoms with van der Waals surface area (Å²) in [6.07, 6.45) is 33.4. The minimum Gasteiger partial charge on any atom is -0.249 e. The zero-order chi connectivity index (χ0) is 39.6. The second kappa shape index (κ2) is 13.5. The van der Waals surface area contributed by atoms with Crippen LogP contribution in [-0.4, -0.2) is 37.4 Å². The smallest absolute Gasteiger partial charge is 0.0924 e. The van der Waals surface area contributed by atoms with Crippen LogP contribution in [0.25, 0.3) is 32.3 Å². The first-order valence-corrected chi connectivity index (χ1v) is 19.9. The van der Waals surface area contributed by atoms with Gasteiger partial charge in [-0.15, -0.1) is 0 Å².